The molecule has 0 saturated carbocycles. The van der Waals surface area contributed by atoms with Gasteiger partial charge in [0.05, 0.1) is 13.2 Å². The zero-order valence-corrected chi connectivity index (χ0v) is 8.86. The molecule has 0 aromatic carbocycles. The molecule has 0 radical (unpaired) electrons. The van der Waals surface area contributed by atoms with Crippen LogP contribution in [0, 0.1) is 0 Å². The Balaban J connectivity index is 3.96. The Labute approximate surface area is 91.2 Å². The molecular formula is C8H12N2O6. The highest BCUT2D eigenvalue weighted by Crippen LogP contribution is 1.79. The van der Waals surface area contributed by atoms with Crippen LogP contribution in [0.5, 0.6) is 0 Å². The fourth-order valence-corrected chi connectivity index (χ4v) is 0.609. The largest absolute Gasteiger partial charge is 0.459 e. The van der Waals surface area contributed by atoms with E-state index in [4.69, 9.17) is 0 Å². The second-order valence-corrected chi connectivity index (χ2v) is 2.35. The highest BCUT2D eigenvalue weighted by atomic mass is 16.5. The van der Waals surface area contributed by atoms with Gasteiger partial charge in [-0.05, 0) is 13.8 Å². The van der Waals surface area contributed by atoms with Crippen LogP contribution < -0.4 is 10.9 Å². The molecule has 8 nitrogen and oxygen atoms in total. The first-order valence-corrected chi connectivity index (χ1v) is 4.47. The van der Waals surface area contributed by atoms with Crippen LogP contribution in [-0.4, -0.2) is 37.0 Å². The summed E-state index contributed by atoms with van der Waals surface area (Å²) in [6, 6.07) is 0. The summed E-state index contributed by atoms with van der Waals surface area (Å²) in [6.07, 6.45) is 0. The van der Waals surface area contributed by atoms with Crippen molar-refractivity contribution >= 4 is 23.8 Å². The maximum atomic E-state index is 10.9. The van der Waals surface area contributed by atoms with E-state index in [0.717, 1.165) is 0 Å². The highest BCUT2D eigenvalue weighted by molar-refractivity contribution is 6.35. The molecule has 0 heterocycles. The molecule has 16 heavy (non-hydrogen) atoms. The number of esters is 2. The van der Waals surface area contributed by atoms with Crippen molar-refractivity contribution in [1.82, 2.24) is 10.9 Å². The van der Waals surface area contributed by atoms with E-state index in [0.29, 0.717) is 0 Å². The first-order chi connectivity index (χ1) is 7.52. The fourth-order valence-electron chi connectivity index (χ4n) is 0.609. The summed E-state index contributed by atoms with van der Waals surface area (Å²) in [5, 5.41) is 0. The van der Waals surface area contributed by atoms with Gasteiger partial charge in [0.1, 0.15) is 0 Å². The van der Waals surface area contributed by atoms with Gasteiger partial charge in [-0.3, -0.25) is 20.4 Å². The van der Waals surface area contributed by atoms with Gasteiger partial charge in [-0.25, -0.2) is 9.59 Å². The highest BCUT2D eigenvalue weighted by Gasteiger charge is 2.19. The molecule has 0 unspecified atom stereocenters. The van der Waals surface area contributed by atoms with Gasteiger partial charge in [0, 0.05) is 0 Å². The van der Waals surface area contributed by atoms with Crippen molar-refractivity contribution in [3.63, 3.8) is 0 Å². The average molecular weight is 232 g/mol. The van der Waals surface area contributed by atoms with Crippen molar-refractivity contribution < 1.29 is 28.7 Å². The van der Waals surface area contributed by atoms with Gasteiger partial charge in [0.25, 0.3) is 0 Å². The summed E-state index contributed by atoms with van der Waals surface area (Å²) < 4.78 is 8.65. The topological polar surface area (TPSA) is 111 Å². The van der Waals surface area contributed by atoms with Crippen LogP contribution in [0.4, 0.5) is 0 Å². The Morgan fingerprint density at radius 2 is 1.12 bits per heavy atom. The number of ether oxygens (including phenoxy) is 2. The Morgan fingerprint density at radius 3 is 1.38 bits per heavy atom. The molecule has 8 heteroatoms. The number of hydrazine groups is 1. The summed E-state index contributed by atoms with van der Waals surface area (Å²) in [4.78, 5) is 43.2. The first-order valence-electron chi connectivity index (χ1n) is 4.47. The lowest BCUT2D eigenvalue weighted by Gasteiger charge is -2.05. The number of carbonyl (C=O) groups excluding carboxylic acids is 4. The van der Waals surface area contributed by atoms with Crippen LogP contribution in [0.1, 0.15) is 13.8 Å². The third-order valence-electron chi connectivity index (χ3n) is 1.21. The predicted octanol–water partition coefficient (Wildman–Crippen LogP) is -1.74. The molecule has 0 aromatic rings. The van der Waals surface area contributed by atoms with Crippen molar-refractivity contribution in [3.05, 3.63) is 0 Å². The average Bonchev–Trinajstić information content (AvgIpc) is 2.25. The molecule has 0 fully saturated rings. The van der Waals surface area contributed by atoms with E-state index >= 15 is 0 Å². The zero-order chi connectivity index (χ0) is 12.6. The Kier molecular flexibility index (Phi) is 6.25. The number of rotatable bonds is 2. The summed E-state index contributed by atoms with van der Waals surface area (Å²) in [5.41, 5.74) is 3.38. The van der Waals surface area contributed by atoms with Crippen molar-refractivity contribution in [2.24, 2.45) is 0 Å². The normalized spacial score (nSPS) is 8.88. The maximum Gasteiger partial charge on any atom is 0.398 e. The van der Waals surface area contributed by atoms with Gasteiger partial charge >= 0.3 is 23.8 Å². The second kappa shape index (κ2) is 7.21. The minimum Gasteiger partial charge on any atom is -0.459 e. The van der Waals surface area contributed by atoms with Crippen LogP contribution in [0.3, 0.4) is 0 Å². The molecule has 0 aliphatic carbocycles. The Bertz CT molecular complexity index is 271. The Hall–Kier alpha value is -2.12. The second-order valence-electron chi connectivity index (χ2n) is 2.35. The van der Waals surface area contributed by atoms with E-state index in [-0.39, 0.29) is 13.2 Å². The molecule has 0 bridgehead atoms. The third kappa shape index (κ3) is 4.94. The van der Waals surface area contributed by atoms with E-state index in [2.05, 4.69) is 9.47 Å². The smallest absolute Gasteiger partial charge is 0.398 e. The summed E-state index contributed by atoms with van der Waals surface area (Å²) >= 11 is 0. The number of hydrogen-bond donors (Lipinski definition) is 2. The number of carbonyl (C=O) groups is 4. The van der Waals surface area contributed by atoms with E-state index < -0.39 is 23.8 Å². The van der Waals surface area contributed by atoms with Gasteiger partial charge < -0.3 is 9.47 Å². The van der Waals surface area contributed by atoms with Crippen LogP contribution in [0.15, 0.2) is 0 Å². The number of nitrogens with one attached hydrogen (secondary N) is 2. The van der Waals surface area contributed by atoms with E-state index in [9.17, 15) is 19.2 Å². The van der Waals surface area contributed by atoms with Gasteiger partial charge in [-0.15, -0.1) is 0 Å². The number of amides is 2. The summed E-state index contributed by atoms with van der Waals surface area (Å²) in [6.45, 7) is 3.08. The van der Waals surface area contributed by atoms with Crippen molar-refractivity contribution in [3.8, 4) is 0 Å². The van der Waals surface area contributed by atoms with Crippen molar-refractivity contribution in [2.45, 2.75) is 13.8 Å². The molecular weight excluding hydrogens is 220 g/mol. The summed E-state index contributed by atoms with van der Waals surface area (Å²) in [7, 11) is 0. The lowest BCUT2D eigenvalue weighted by atomic mass is 10.6. The molecule has 0 aliphatic rings. The van der Waals surface area contributed by atoms with Crippen molar-refractivity contribution in [1.29, 1.82) is 0 Å². The molecule has 2 amide bonds. The fraction of sp³-hybridized carbons (Fsp3) is 0.500. The molecule has 0 aromatic heterocycles. The first kappa shape index (κ1) is 13.9. The molecule has 0 aliphatic heterocycles. The van der Waals surface area contributed by atoms with Gasteiger partial charge in [-0.1, -0.05) is 0 Å². The van der Waals surface area contributed by atoms with E-state index in [1.54, 1.807) is 10.9 Å². The van der Waals surface area contributed by atoms with Crippen LogP contribution >= 0.6 is 0 Å². The lowest BCUT2D eigenvalue weighted by molar-refractivity contribution is -0.158. The lowest BCUT2D eigenvalue weighted by Crippen LogP contribution is -2.48. The van der Waals surface area contributed by atoms with E-state index in [1.807, 2.05) is 0 Å². The van der Waals surface area contributed by atoms with Crippen LogP contribution in [0.2, 0.25) is 0 Å². The monoisotopic (exact) mass is 232 g/mol. The predicted molar refractivity (Wildman–Crippen MR) is 49.6 cm³/mol. The third-order valence-corrected chi connectivity index (χ3v) is 1.21. The standard InChI is InChI=1S/C8H12N2O6/c1-3-15-7(13)5(11)9-10-6(12)8(14)16-4-2/h3-4H2,1-2H3,(H,9,11)(H,10,12). The maximum absolute atomic E-state index is 10.9. The van der Waals surface area contributed by atoms with Crippen molar-refractivity contribution in [2.75, 3.05) is 13.2 Å². The van der Waals surface area contributed by atoms with Gasteiger partial charge in [-0.2, -0.15) is 0 Å². The minimum atomic E-state index is -1.18. The van der Waals surface area contributed by atoms with Crippen LogP contribution in [0.25, 0.3) is 0 Å². The molecule has 0 saturated heterocycles. The number of hydrogen-bond acceptors (Lipinski definition) is 6. The quantitative estimate of drug-likeness (QED) is 0.332. The van der Waals surface area contributed by atoms with Crippen LogP contribution in [-0.2, 0) is 28.7 Å². The molecule has 0 atom stereocenters. The summed E-state index contributed by atoms with van der Waals surface area (Å²) in [5.74, 6) is -4.68. The van der Waals surface area contributed by atoms with E-state index in [1.165, 1.54) is 13.8 Å². The molecule has 90 valence electrons. The van der Waals surface area contributed by atoms with Gasteiger partial charge in [0.15, 0.2) is 0 Å². The Morgan fingerprint density at radius 1 is 0.812 bits per heavy atom. The molecule has 2 N–H and O–H groups in total. The zero-order valence-electron chi connectivity index (χ0n) is 8.86. The minimum absolute atomic E-state index is 0.0259. The SMILES string of the molecule is CCOC(=O)C(=O)NNC(=O)C(=O)OCC. The van der Waals surface area contributed by atoms with Gasteiger partial charge in [0.2, 0.25) is 0 Å². The molecule has 0 spiro atoms. The molecule has 0 rings (SSSR count).